The van der Waals surface area contributed by atoms with Crippen molar-refractivity contribution in [2.45, 2.75) is 50.2 Å². The summed E-state index contributed by atoms with van der Waals surface area (Å²) in [5.41, 5.74) is 3.25. The van der Waals surface area contributed by atoms with Crippen molar-refractivity contribution >= 4 is 38.9 Å². The van der Waals surface area contributed by atoms with E-state index in [0.717, 1.165) is 41.7 Å². The van der Waals surface area contributed by atoms with Gasteiger partial charge in [0.25, 0.3) is 0 Å². The average Bonchev–Trinajstić information content (AvgIpc) is 3.60. The van der Waals surface area contributed by atoms with E-state index in [4.69, 9.17) is 21.1 Å². The van der Waals surface area contributed by atoms with Crippen LogP contribution in [-0.2, 0) is 26.0 Å². The first-order valence-electron chi connectivity index (χ1n) is 13.2. The van der Waals surface area contributed by atoms with E-state index in [1.54, 1.807) is 28.4 Å². The minimum Gasteiger partial charge on any atom is -0.491 e. The van der Waals surface area contributed by atoms with E-state index in [2.05, 4.69) is 6.07 Å². The fourth-order valence-electron chi connectivity index (χ4n) is 5.27. The average molecular weight is 589 g/mol. The third-order valence-electron chi connectivity index (χ3n) is 7.34. The molecule has 0 radical (unpaired) electrons. The minimum absolute atomic E-state index is 0.103. The van der Waals surface area contributed by atoms with Crippen LogP contribution in [-0.4, -0.2) is 62.5 Å². The summed E-state index contributed by atoms with van der Waals surface area (Å²) in [5.74, 6) is 0.525. The number of thiophene rings is 1. The van der Waals surface area contributed by atoms with Crippen LogP contribution in [0, 0.1) is 13.8 Å². The highest BCUT2D eigenvalue weighted by Gasteiger charge is 2.36. The highest BCUT2D eigenvalue weighted by atomic mass is 35.5. The Balaban J connectivity index is 1.39. The van der Waals surface area contributed by atoms with Crippen molar-refractivity contribution in [1.29, 1.82) is 0 Å². The van der Waals surface area contributed by atoms with E-state index in [9.17, 15) is 13.2 Å². The number of amides is 1. The maximum absolute atomic E-state index is 13.9. The third kappa shape index (κ3) is 6.33. The van der Waals surface area contributed by atoms with Crippen LogP contribution in [0.2, 0.25) is 5.02 Å². The summed E-state index contributed by atoms with van der Waals surface area (Å²) in [4.78, 5) is 17.0. The number of nitrogens with zero attached hydrogens (tertiary/aromatic N) is 2. The summed E-state index contributed by atoms with van der Waals surface area (Å²) in [7, 11) is -3.95. The molecule has 0 N–H and O–H groups in total. The quantitative estimate of drug-likeness (QED) is 0.335. The summed E-state index contributed by atoms with van der Waals surface area (Å²) in [6, 6.07) is 13.8. The number of halogens is 1. The molecular formula is C29H33ClN2O5S2. The van der Waals surface area contributed by atoms with Gasteiger partial charge in [0.1, 0.15) is 12.4 Å². The third-order valence-corrected chi connectivity index (χ3v) is 10.4. The zero-order valence-electron chi connectivity index (χ0n) is 22.1. The van der Waals surface area contributed by atoms with Gasteiger partial charge in [-0.25, -0.2) is 8.42 Å². The van der Waals surface area contributed by atoms with Gasteiger partial charge in [-0.3, -0.25) is 4.79 Å². The lowest BCUT2D eigenvalue weighted by molar-refractivity contribution is -0.135. The van der Waals surface area contributed by atoms with Gasteiger partial charge in [0.15, 0.2) is 0 Å². The predicted molar refractivity (Wildman–Crippen MR) is 153 cm³/mol. The molecule has 2 aliphatic rings. The van der Waals surface area contributed by atoms with Crippen molar-refractivity contribution in [2.75, 3.05) is 32.8 Å². The monoisotopic (exact) mass is 588 g/mol. The van der Waals surface area contributed by atoms with Crippen LogP contribution >= 0.6 is 22.9 Å². The van der Waals surface area contributed by atoms with Gasteiger partial charge in [0, 0.05) is 29.6 Å². The SMILES string of the molecule is Cc1ccc(OC[C@H]2c3ccsc3CCN2C(=O)CN(C[C@H]2CCCO2)S(=O)(=O)c2ccc(Cl)cc2)c(C)c1. The molecule has 1 saturated heterocycles. The summed E-state index contributed by atoms with van der Waals surface area (Å²) >= 11 is 7.68. The molecule has 1 amide bonds. The molecule has 3 aromatic rings. The predicted octanol–water partition coefficient (Wildman–Crippen LogP) is 5.39. The number of rotatable bonds is 9. The van der Waals surface area contributed by atoms with Crippen LogP contribution in [0.1, 0.15) is 40.5 Å². The Morgan fingerprint density at radius 1 is 1.18 bits per heavy atom. The molecule has 3 heterocycles. The van der Waals surface area contributed by atoms with Crippen LogP contribution in [0.4, 0.5) is 0 Å². The summed E-state index contributed by atoms with van der Waals surface area (Å²) < 4.78 is 40.7. The van der Waals surface area contributed by atoms with Gasteiger partial charge in [0.05, 0.1) is 23.6 Å². The standard InChI is InChI=1S/C29H33ClN2O5S2/c1-20-5-10-27(21(2)16-20)37-19-26-25-12-15-38-28(25)11-13-32(26)29(33)18-31(17-23-4-3-14-36-23)39(34,35)24-8-6-22(30)7-9-24/h5-10,12,15-16,23,26H,3-4,11,13-14,17-19H2,1-2H3/t23-,26+/m1/s1. The fraction of sp³-hybridized carbons (Fsp3) is 0.414. The lowest BCUT2D eigenvalue weighted by Crippen LogP contribution is -2.49. The summed E-state index contributed by atoms with van der Waals surface area (Å²) in [6.07, 6.45) is 2.12. The number of hydrogen-bond donors (Lipinski definition) is 0. The Bertz CT molecular complexity index is 1420. The molecule has 39 heavy (non-hydrogen) atoms. The molecule has 0 spiro atoms. The molecule has 1 fully saturated rings. The first-order valence-corrected chi connectivity index (χ1v) is 15.9. The highest BCUT2D eigenvalue weighted by Crippen LogP contribution is 2.35. The van der Waals surface area contributed by atoms with E-state index in [1.165, 1.54) is 21.3 Å². The number of hydrogen-bond acceptors (Lipinski definition) is 6. The number of ether oxygens (including phenoxy) is 2. The highest BCUT2D eigenvalue weighted by molar-refractivity contribution is 7.89. The second kappa shape index (κ2) is 12.0. The maximum atomic E-state index is 13.9. The normalized spacial score (nSPS) is 19.3. The van der Waals surface area contributed by atoms with Gasteiger partial charge in [-0.15, -0.1) is 11.3 Å². The van der Waals surface area contributed by atoms with Gasteiger partial charge >= 0.3 is 0 Å². The van der Waals surface area contributed by atoms with Gasteiger partial charge in [-0.2, -0.15) is 4.31 Å². The molecule has 208 valence electrons. The van der Waals surface area contributed by atoms with Crippen LogP contribution in [0.3, 0.4) is 0 Å². The van der Waals surface area contributed by atoms with Crippen molar-refractivity contribution in [3.05, 3.63) is 80.5 Å². The van der Waals surface area contributed by atoms with Gasteiger partial charge < -0.3 is 14.4 Å². The Morgan fingerprint density at radius 2 is 1.97 bits per heavy atom. The Kier molecular flexibility index (Phi) is 8.63. The molecule has 0 unspecified atom stereocenters. The molecule has 2 aliphatic heterocycles. The van der Waals surface area contributed by atoms with Crippen molar-refractivity contribution in [3.8, 4) is 5.75 Å². The number of aryl methyl sites for hydroxylation is 2. The number of carbonyl (C=O) groups is 1. The van der Waals surface area contributed by atoms with E-state index >= 15 is 0 Å². The molecule has 0 saturated carbocycles. The molecule has 1 aromatic heterocycles. The number of carbonyl (C=O) groups excluding carboxylic acids is 1. The largest absolute Gasteiger partial charge is 0.491 e. The topological polar surface area (TPSA) is 76.2 Å². The molecule has 0 aliphatic carbocycles. The molecule has 7 nitrogen and oxygen atoms in total. The number of sulfonamides is 1. The number of benzene rings is 2. The molecule has 5 rings (SSSR count). The molecule has 2 atom stereocenters. The Labute approximate surface area is 239 Å². The molecule has 2 aromatic carbocycles. The van der Waals surface area contributed by atoms with E-state index in [-0.39, 0.29) is 42.6 Å². The van der Waals surface area contributed by atoms with Crippen LogP contribution in [0.25, 0.3) is 0 Å². The second-order valence-electron chi connectivity index (χ2n) is 10.1. The van der Waals surface area contributed by atoms with Crippen molar-refractivity contribution < 1.29 is 22.7 Å². The molecule has 10 heteroatoms. The maximum Gasteiger partial charge on any atom is 0.243 e. The van der Waals surface area contributed by atoms with Crippen LogP contribution in [0.5, 0.6) is 5.75 Å². The molecular weight excluding hydrogens is 556 g/mol. The van der Waals surface area contributed by atoms with Crippen molar-refractivity contribution in [2.24, 2.45) is 0 Å². The smallest absolute Gasteiger partial charge is 0.243 e. The van der Waals surface area contributed by atoms with E-state index in [0.29, 0.717) is 18.2 Å². The first-order chi connectivity index (χ1) is 18.7. The molecule has 0 bridgehead atoms. The zero-order chi connectivity index (χ0) is 27.6. The van der Waals surface area contributed by atoms with E-state index in [1.807, 2.05) is 37.4 Å². The van der Waals surface area contributed by atoms with Crippen molar-refractivity contribution in [1.82, 2.24) is 9.21 Å². The van der Waals surface area contributed by atoms with Crippen LogP contribution in [0.15, 0.2) is 58.8 Å². The minimum atomic E-state index is -3.95. The van der Waals surface area contributed by atoms with E-state index < -0.39 is 10.0 Å². The van der Waals surface area contributed by atoms with Gasteiger partial charge in [0.2, 0.25) is 15.9 Å². The Morgan fingerprint density at radius 3 is 2.69 bits per heavy atom. The lowest BCUT2D eigenvalue weighted by Gasteiger charge is -2.37. The second-order valence-corrected chi connectivity index (χ2v) is 13.5. The summed E-state index contributed by atoms with van der Waals surface area (Å²) in [5, 5.41) is 2.49. The zero-order valence-corrected chi connectivity index (χ0v) is 24.5. The van der Waals surface area contributed by atoms with Gasteiger partial charge in [-0.1, -0.05) is 29.3 Å². The first kappa shape index (κ1) is 28.1. The summed E-state index contributed by atoms with van der Waals surface area (Å²) in [6.45, 7) is 5.28. The van der Waals surface area contributed by atoms with Crippen LogP contribution < -0.4 is 4.74 Å². The lowest BCUT2D eigenvalue weighted by atomic mass is 10.0. The fourth-order valence-corrected chi connectivity index (χ4v) is 7.74. The van der Waals surface area contributed by atoms with Crippen molar-refractivity contribution in [3.63, 3.8) is 0 Å². The Hall–Kier alpha value is -2.43. The van der Waals surface area contributed by atoms with Gasteiger partial charge in [-0.05, 0) is 86.0 Å². The number of fused-ring (bicyclic) bond motifs is 1.